The normalized spacial score (nSPS) is 17.9. The summed E-state index contributed by atoms with van der Waals surface area (Å²) >= 11 is 3.29. The summed E-state index contributed by atoms with van der Waals surface area (Å²) in [4.78, 5) is 13.7. The standard InChI is InChI=1S/C13H16BrNO4S/c14-10-1-2-11(13(16)17)12(9-10)20(18)8-5-15-3-6-19-7-4-15/h1-2,9H,3-8H2,(H,16,17). The second-order valence-electron chi connectivity index (χ2n) is 4.45. The third-order valence-electron chi connectivity index (χ3n) is 3.12. The highest BCUT2D eigenvalue weighted by atomic mass is 79.9. The van der Waals surface area contributed by atoms with Gasteiger partial charge in [-0.3, -0.25) is 9.11 Å². The summed E-state index contributed by atoms with van der Waals surface area (Å²) in [5.41, 5.74) is 0.105. The van der Waals surface area contributed by atoms with Gasteiger partial charge >= 0.3 is 5.97 Å². The average molecular weight is 362 g/mol. The molecule has 110 valence electrons. The van der Waals surface area contributed by atoms with Crippen molar-refractivity contribution >= 4 is 32.7 Å². The molecular formula is C13H16BrNO4S. The van der Waals surface area contributed by atoms with Crippen LogP contribution >= 0.6 is 15.9 Å². The molecular weight excluding hydrogens is 346 g/mol. The van der Waals surface area contributed by atoms with E-state index in [-0.39, 0.29) is 5.56 Å². The van der Waals surface area contributed by atoms with Crippen LogP contribution in [0.5, 0.6) is 0 Å². The first-order chi connectivity index (χ1) is 9.58. The van der Waals surface area contributed by atoms with E-state index in [0.717, 1.165) is 17.6 Å². The van der Waals surface area contributed by atoms with Crippen LogP contribution in [0.15, 0.2) is 27.6 Å². The maximum atomic E-state index is 12.3. The number of halogens is 1. The fraction of sp³-hybridized carbons (Fsp3) is 0.462. The zero-order chi connectivity index (χ0) is 14.5. The fourth-order valence-corrected chi connectivity index (χ4v) is 3.82. The van der Waals surface area contributed by atoms with Crippen LogP contribution in [-0.4, -0.2) is 58.8 Å². The second kappa shape index (κ2) is 7.31. The molecule has 1 N–H and O–H groups in total. The average Bonchev–Trinajstić information content (AvgIpc) is 2.45. The molecule has 1 saturated heterocycles. The molecule has 1 unspecified atom stereocenters. The summed E-state index contributed by atoms with van der Waals surface area (Å²) in [7, 11) is -1.32. The van der Waals surface area contributed by atoms with E-state index in [9.17, 15) is 9.00 Å². The summed E-state index contributed by atoms with van der Waals surface area (Å²) in [6, 6.07) is 4.75. The molecule has 1 aromatic carbocycles. The zero-order valence-electron chi connectivity index (χ0n) is 10.9. The van der Waals surface area contributed by atoms with Crippen molar-refractivity contribution in [3.05, 3.63) is 28.2 Å². The lowest BCUT2D eigenvalue weighted by Gasteiger charge is -2.26. The lowest BCUT2D eigenvalue weighted by atomic mass is 10.2. The number of hydrogen-bond donors (Lipinski definition) is 1. The Morgan fingerprint density at radius 1 is 1.40 bits per heavy atom. The van der Waals surface area contributed by atoms with Gasteiger partial charge < -0.3 is 9.84 Å². The Hall–Kier alpha value is -0.760. The lowest BCUT2D eigenvalue weighted by molar-refractivity contribution is 0.0409. The molecule has 0 spiro atoms. The molecule has 1 fully saturated rings. The summed E-state index contributed by atoms with van der Waals surface area (Å²) in [6.45, 7) is 3.75. The van der Waals surface area contributed by atoms with Gasteiger partial charge in [0.1, 0.15) is 0 Å². The highest BCUT2D eigenvalue weighted by Gasteiger charge is 2.17. The molecule has 1 aromatic rings. The van der Waals surface area contributed by atoms with E-state index in [0.29, 0.717) is 30.4 Å². The monoisotopic (exact) mass is 361 g/mol. The van der Waals surface area contributed by atoms with Crippen LogP contribution in [0.2, 0.25) is 0 Å². The van der Waals surface area contributed by atoms with E-state index >= 15 is 0 Å². The van der Waals surface area contributed by atoms with Crippen molar-refractivity contribution in [2.24, 2.45) is 0 Å². The van der Waals surface area contributed by atoms with Gasteiger partial charge in [-0.1, -0.05) is 15.9 Å². The maximum absolute atomic E-state index is 12.3. The van der Waals surface area contributed by atoms with Gasteiger partial charge in [0.05, 0.1) is 34.5 Å². The highest BCUT2D eigenvalue weighted by Crippen LogP contribution is 2.20. The van der Waals surface area contributed by atoms with Crippen molar-refractivity contribution in [1.29, 1.82) is 0 Å². The number of carbonyl (C=O) groups is 1. The number of carboxylic acid groups (broad SMARTS) is 1. The predicted molar refractivity (Wildman–Crippen MR) is 79.6 cm³/mol. The van der Waals surface area contributed by atoms with Crippen molar-refractivity contribution < 1.29 is 18.8 Å². The Balaban J connectivity index is 2.04. The second-order valence-corrected chi connectivity index (χ2v) is 6.90. The first-order valence-corrected chi connectivity index (χ1v) is 8.40. The lowest BCUT2D eigenvalue weighted by Crippen LogP contribution is -2.38. The minimum atomic E-state index is -1.32. The van der Waals surface area contributed by atoms with Crippen LogP contribution in [0.1, 0.15) is 10.4 Å². The summed E-state index contributed by atoms with van der Waals surface area (Å²) in [6.07, 6.45) is 0. The van der Waals surface area contributed by atoms with Crippen molar-refractivity contribution in [2.75, 3.05) is 38.6 Å². The van der Waals surface area contributed by atoms with Gasteiger partial charge in [-0.15, -0.1) is 0 Å². The van der Waals surface area contributed by atoms with Crippen LogP contribution in [-0.2, 0) is 15.5 Å². The van der Waals surface area contributed by atoms with Crippen LogP contribution < -0.4 is 0 Å². The number of nitrogens with zero attached hydrogens (tertiary/aromatic N) is 1. The molecule has 0 saturated carbocycles. The van der Waals surface area contributed by atoms with Crippen LogP contribution in [0.3, 0.4) is 0 Å². The molecule has 7 heteroatoms. The van der Waals surface area contributed by atoms with Gasteiger partial charge in [-0.2, -0.15) is 0 Å². The largest absolute Gasteiger partial charge is 0.478 e. The molecule has 20 heavy (non-hydrogen) atoms. The van der Waals surface area contributed by atoms with Gasteiger partial charge in [-0.05, 0) is 18.2 Å². The van der Waals surface area contributed by atoms with E-state index in [2.05, 4.69) is 20.8 Å². The van der Waals surface area contributed by atoms with Crippen molar-refractivity contribution in [3.63, 3.8) is 0 Å². The first-order valence-electron chi connectivity index (χ1n) is 6.29. The molecule has 0 aliphatic carbocycles. The molecule has 0 radical (unpaired) electrons. The van der Waals surface area contributed by atoms with E-state index in [1.807, 2.05) is 0 Å². The summed E-state index contributed by atoms with van der Waals surface area (Å²) < 4.78 is 18.3. The number of morpholine rings is 1. The Kier molecular flexibility index (Phi) is 5.71. The fourth-order valence-electron chi connectivity index (χ4n) is 2.01. The molecule has 1 aliphatic rings. The molecule has 1 aliphatic heterocycles. The minimum absolute atomic E-state index is 0.105. The first kappa shape index (κ1) is 15.6. The summed E-state index contributed by atoms with van der Waals surface area (Å²) in [5, 5.41) is 9.15. The quantitative estimate of drug-likeness (QED) is 0.862. The van der Waals surface area contributed by atoms with E-state index in [1.54, 1.807) is 12.1 Å². The third kappa shape index (κ3) is 4.12. The van der Waals surface area contributed by atoms with E-state index in [1.165, 1.54) is 6.07 Å². The molecule has 1 atom stereocenters. The van der Waals surface area contributed by atoms with Gasteiger partial charge in [0.2, 0.25) is 0 Å². The van der Waals surface area contributed by atoms with Crippen LogP contribution in [0, 0.1) is 0 Å². The smallest absolute Gasteiger partial charge is 0.336 e. The number of carboxylic acids is 1. The number of ether oxygens (including phenoxy) is 1. The maximum Gasteiger partial charge on any atom is 0.336 e. The topological polar surface area (TPSA) is 66.8 Å². The SMILES string of the molecule is O=C(O)c1ccc(Br)cc1S(=O)CCN1CCOCC1. The number of hydrogen-bond acceptors (Lipinski definition) is 4. The number of aromatic carboxylic acids is 1. The van der Waals surface area contributed by atoms with Crippen molar-refractivity contribution in [1.82, 2.24) is 4.90 Å². The third-order valence-corrected chi connectivity index (χ3v) is 4.99. The van der Waals surface area contributed by atoms with Crippen molar-refractivity contribution in [2.45, 2.75) is 4.90 Å². The summed E-state index contributed by atoms with van der Waals surface area (Å²) in [5.74, 6) is -0.622. The molecule has 1 heterocycles. The van der Waals surface area contributed by atoms with Gasteiger partial charge in [0, 0.05) is 29.9 Å². The Labute approximate surface area is 128 Å². The van der Waals surface area contributed by atoms with E-state index < -0.39 is 16.8 Å². The van der Waals surface area contributed by atoms with E-state index in [4.69, 9.17) is 9.84 Å². The Morgan fingerprint density at radius 2 is 2.10 bits per heavy atom. The van der Waals surface area contributed by atoms with Gasteiger partial charge in [0.15, 0.2) is 0 Å². The molecule has 0 bridgehead atoms. The molecule has 0 aromatic heterocycles. The molecule has 2 rings (SSSR count). The zero-order valence-corrected chi connectivity index (χ0v) is 13.3. The van der Waals surface area contributed by atoms with Gasteiger partial charge in [-0.25, -0.2) is 4.79 Å². The Bertz CT molecular complexity index is 517. The van der Waals surface area contributed by atoms with Gasteiger partial charge in [0.25, 0.3) is 0 Å². The van der Waals surface area contributed by atoms with Crippen LogP contribution in [0.4, 0.5) is 0 Å². The number of benzene rings is 1. The van der Waals surface area contributed by atoms with Crippen LogP contribution in [0.25, 0.3) is 0 Å². The number of rotatable bonds is 5. The molecule has 0 amide bonds. The Morgan fingerprint density at radius 3 is 2.75 bits per heavy atom. The molecule has 5 nitrogen and oxygen atoms in total. The van der Waals surface area contributed by atoms with Crippen molar-refractivity contribution in [3.8, 4) is 0 Å². The minimum Gasteiger partial charge on any atom is -0.478 e. The highest BCUT2D eigenvalue weighted by molar-refractivity contribution is 9.10. The predicted octanol–water partition coefficient (Wildman–Crippen LogP) is 1.59.